The molecule has 90 valence electrons. The summed E-state index contributed by atoms with van der Waals surface area (Å²) < 4.78 is 1.85. The first-order valence-corrected chi connectivity index (χ1v) is 6.11. The predicted octanol–water partition coefficient (Wildman–Crippen LogP) is 3.67. The Morgan fingerprint density at radius 3 is 2.72 bits per heavy atom. The van der Waals surface area contributed by atoms with Gasteiger partial charge in [0.15, 0.2) is 5.65 Å². The van der Waals surface area contributed by atoms with Crippen molar-refractivity contribution in [2.24, 2.45) is 0 Å². The molecule has 2 aromatic heterocycles. The molecule has 0 aliphatic heterocycles. The van der Waals surface area contributed by atoms with E-state index < -0.39 is 0 Å². The van der Waals surface area contributed by atoms with Gasteiger partial charge in [-0.15, -0.1) is 0 Å². The van der Waals surface area contributed by atoms with Crippen LogP contribution < -0.4 is 0 Å². The van der Waals surface area contributed by atoms with Crippen LogP contribution in [-0.2, 0) is 0 Å². The fraction of sp³-hybridized carbons (Fsp3) is 0.143. The number of hydrogen-bond acceptors (Lipinski definition) is 2. The monoisotopic (exact) mass is 257 g/mol. The molecule has 0 bridgehead atoms. The van der Waals surface area contributed by atoms with Gasteiger partial charge >= 0.3 is 0 Å². The molecule has 0 unspecified atom stereocenters. The minimum atomic E-state index is 0.713. The van der Waals surface area contributed by atoms with Gasteiger partial charge in [-0.05, 0) is 32.0 Å². The number of halogens is 1. The number of aromatic nitrogens is 3. The van der Waals surface area contributed by atoms with Gasteiger partial charge in [0.05, 0.1) is 5.69 Å². The fourth-order valence-corrected chi connectivity index (χ4v) is 2.27. The van der Waals surface area contributed by atoms with Crippen LogP contribution >= 0.6 is 11.6 Å². The zero-order chi connectivity index (χ0) is 12.7. The number of fused-ring (bicyclic) bond motifs is 1. The van der Waals surface area contributed by atoms with E-state index in [1.165, 1.54) is 0 Å². The van der Waals surface area contributed by atoms with E-state index in [0.717, 1.165) is 28.3 Å². The summed E-state index contributed by atoms with van der Waals surface area (Å²) in [5.74, 6) is 0. The van der Waals surface area contributed by atoms with E-state index >= 15 is 0 Å². The van der Waals surface area contributed by atoms with Gasteiger partial charge in [0, 0.05) is 28.0 Å². The SMILES string of the molecule is Cc1cc(C)n2nc(-c3cccc(Cl)c3)cc2n1. The Kier molecular flexibility index (Phi) is 2.56. The highest BCUT2D eigenvalue weighted by Gasteiger charge is 2.07. The van der Waals surface area contributed by atoms with Crippen molar-refractivity contribution in [2.45, 2.75) is 13.8 Å². The van der Waals surface area contributed by atoms with Crippen molar-refractivity contribution >= 4 is 17.2 Å². The first-order valence-electron chi connectivity index (χ1n) is 5.73. The zero-order valence-electron chi connectivity index (χ0n) is 10.2. The standard InChI is InChI=1S/C14H12ClN3/c1-9-6-10(2)18-14(16-9)8-13(17-18)11-4-3-5-12(15)7-11/h3-8H,1-2H3. The molecule has 0 radical (unpaired) electrons. The van der Waals surface area contributed by atoms with E-state index in [4.69, 9.17) is 11.6 Å². The molecule has 0 aliphatic carbocycles. The van der Waals surface area contributed by atoms with Crippen LogP contribution in [0, 0.1) is 13.8 Å². The quantitative estimate of drug-likeness (QED) is 0.666. The lowest BCUT2D eigenvalue weighted by Crippen LogP contribution is -1.96. The first kappa shape index (κ1) is 11.2. The van der Waals surface area contributed by atoms with Crippen molar-refractivity contribution in [1.82, 2.24) is 14.6 Å². The topological polar surface area (TPSA) is 30.2 Å². The molecule has 2 heterocycles. The Bertz CT molecular complexity index is 731. The minimum absolute atomic E-state index is 0.713. The van der Waals surface area contributed by atoms with Crippen molar-refractivity contribution < 1.29 is 0 Å². The first-order chi connectivity index (χ1) is 8.63. The molecule has 0 aliphatic rings. The summed E-state index contributed by atoms with van der Waals surface area (Å²) in [4.78, 5) is 4.47. The van der Waals surface area contributed by atoms with E-state index in [0.29, 0.717) is 5.02 Å². The van der Waals surface area contributed by atoms with Crippen LogP contribution in [-0.4, -0.2) is 14.6 Å². The fourth-order valence-electron chi connectivity index (χ4n) is 2.08. The normalized spacial score (nSPS) is 11.1. The van der Waals surface area contributed by atoms with Crippen LogP contribution in [0.25, 0.3) is 16.9 Å². The maximum absolute atomic E-state index is 6.00. The number of nitrogens with zero attached hydrogens (tertiary/aromatic N) is 3. The smallest absolute Gasteiger partial charge is 0.156 e. The summed E-state index contributed by atoms with van der Waals surface area (Å²) in [5.41, 5.74) is 4.83. The van der Waals surface area contributed by atoms with Gasteiger partial charge in [-0.2, -0.15) is 5.10 Å². The summed E-state index contributed by atoms with van der Waals surface area (Å²) in [6, 6.07) is 11.7. The van der Waals surface area contributed by atoms with E-state index in [2.05, 4.69) is 10.1 Å². The molecule has 0 saturated carbocycles. The molecule has 3 aromatic rings. The highest BCUT2D eigenvalue weighted by atomic mass is 35.5. The molecule has 0 N–H and O–H groups in total. The van der Waals surface area contributed by atoms with Gasteiger partial charge in [0.1, 0.15) is 0 Å². The minimum Gasteiger partial charge on any atom is -0.234 e. The molecule has 0 saturated heterocycles. The van der Waals surface area contributed by atoms with Gasteiger partial charge in [-0.1, -0.05) is 23.7 Å². The van der Waals surface area contributed by atoms with Crippen LogP contribution in [0.4, 0.5) is 0 Å². The molecule has 0 fully saturated rings. The summed E-state index contributed by atoms with van der Waals surface area (Å²) in [6.07, 6.45) is 0. The zero-order valence-corrected chi connectivity index (χ0v) is 10.9. The van der Waals surface area contributed by atoms with Crippen LogP contribution in [0.1, 0.15) is 11.4 Å². The molecular weight excluding hydrogens is 246 g/mol. The summed E-state index contributed by atoms with van der Waals surface area (Å²) >= 11 is 6.00. The van der Waals surface area contributed by atoms with Crippen LogP contribution in [0.3, 0.4) is 0 Å². The van der Waals surface area contributed by atoms with Gasteiger partial charge < -0.3 is 0 Å². The van der Waals surface area contributed by atoms with Gasteiger partial charge in [0.2, 0.25) is 0 Å². The van der Waals surface area contributed by atoms with Gasteiger partial charge in [-0.3, -0.25) is 0 Å². The number of hydrogen-bond donors (Lipinski definition) is 0. The lowest BCUT2D eigenvalue weighted by atomic mass is 10.1. The highest BCUT2D eigenvalue weighted by Crippen LogP contribution is 2.22. The van der Waals surface area contributed by atoms with Crippen molar-refractivity contribution in [3.63, 3.8) is 0 Å². The number of aryl methyl sites for hydroxylation is 2. The second-order valence-electron chi connectivity index (χ2n) is 4.35. The second kappa shape index (κ2) is 4.10. The van der Waals surface area contributed by atoms with Crippen molar-refractivity contribution in [3.05, 3.63) is 52.8 Å². The maximum atomic E-state index is 6.00. The van der Waals surface area contributed by atoms with Gasteiger partial charge in [0.25, 0.3) is 0 Å². The van der Waals surface area contributed by atoms with E-state index in [9.17, 15) is 0 Å². The Balaban J connectivity index is 2.22. The molecule has 3 rings (SSSR count). The van der Waals surface area contributed by atoms with Crippen molar-refractivity contribution in [3.8, 4) is 11.3 Å². The van der Waals surface area contributed by atoms with Gasteiger partial charge in [-0.25, -0.2) is 9.50 Å². The Morgan fingerprint density at radius 1 is 1.11 bits per heavy atom. The lowest BCUT2D eigenvalue weighted by molar-refractivity contribution is 0.889. The summed E-state index contributed by atoms with van der Waals surface area (Å²) in [6.45, 7) is 4.01. The average molecular weight is 258 g/mol. The maximum Gasteiger partial charge on any atom is 0.156 e. The third-order valence-electron chi connectivity index (χ3n) is 2.85. The highest BCUT2D eigenvalue weighted by molar-refractivity contribution is 6.30. The summed E-state index contributed by atoms with van der Waals surface area (Å²) in [7, 11) is 0. The van der Waals surface area contributed by atoms with E-state index in [1.54, 1.807) is 0 Å². The van der Waals surface area contributed by atoms with Crippen LogP contribution in [0.5, 0.6) is 0 Å². The number of benzene rings is 1. The molecule has 0 atom stereocenters. The third-order valence-corrected chi connectivity index (χ3v) is 3.09. The average Bonchev–Trinajstić information content (AvgIpc) is 2.73. The summed E-state index contributed by atoms with van der Waals surface area (Å²) in [5, 5.41) is 5.27. The third kappa shape index (κ3) is 1.87. The molecule has 0 amide bonds. The molecule has 0 spiro atoms. The largest absolute Gasteiger partial charge is 0.234 e. The Labute approximate surface area is 110 Å². The number of rotatable bonds is 1. The molecule has 4 heteroatoms. The van der Waals surface area contributed by atoms with E-state index in [-0.39, 0.29) is 0 Å². The second-order valence-corrected chi connectivity index (χ2v) is 4.79. The Morgan fingerprint density at radius 2 is 1.94 bits per heavy atom. The molecule has 18 heavy (non-hydrogen) atoms. The molecule has 1 aromatic carbocycles. The Hall–Kier alpha value is -1.87. The van der Waals surface area contributed by atoms with Crippen LogP contribution in [0.15, 0.2) is 36.4 Å². The van der Waals surface area contributed by atoms with Crippen LogP contribution in [0.2, 0.25) is 5.02 Å². The molecular formula is C14H12ClN3. The molecule has 3 nitrogen and oxygen atoms in total. The van der Waals surface area contributed by atoms with Crippen molar-refractivity contribution in [1.29, 1.82) is 0 Å². The van der Waals surface area contributed by atoms with E-state index in [1.807, 2.05) is 54.8 Å². The lowest BCUT2D eigenvalue weighted by Gasteiger charge is -1.99. The predicted molar refractivity (Wildman–Crippen MR) is 72.9 cm³/mol. The van der Waals surface area contributed by atoms with Crippen molar-refractivity contribution in [2.75, 3.05) is 0 Å².